The third kappa shape index (κ3) is 5.99. The standard InChI is InChI=1S/C26H27F5N6O4/c1-25(2,3)23(26(29,30)31)34-22(40)16-13-37(21-17(28)11-14(27)12-32-21)20-15(19(16)39)5-6-18(33-20)36-8-4-7-35(9-10-38)24(36)41/h5-6,11-13,23,38H,4,7-10H2,1-3H3,(H,34,40)/t23-/m0/s1. The second-order valence-corrected chi connectivity index (χ2v) is 10.6. The quantitative estimate of drug-likeness (QED) is 0.430. The molecular formula is C26H27F5N6O4. The molecule has 0 bridgehead atoms. The molecule has 3 aromatic rings. The lowest BCUT2D eigenvalue weighted by Gasteiger charge is -2.34. The number of aromatic nitrogens is 3. The van der Waals surface area contributed by atoms with E-state index in [0.29, 0.717) is 25.2 Å². The van der Waals surface area contributed by atoms with Crippen LogP contribution in [0.5, 0.6) is 0 Å². The Hall–Kier alpha value is -4.14. The van der Waals surface area contributed by atoms with Gasteiger partial charge in [0, 0.05) is 31.9 Å². The highest BCUT2D eigenvalue weighted by Gasteiger charge is 2.48. The van der Waals surface area contributed by atoms with Crippen molar-refractivity contribution in [2.75, 3.05) is 31.1 Å². The van der Waals surface area contributed by atoms with Gasteiger partial charge >= 0.3 is 12.2 Å². The maximum Gasteiger partial charge on any atom is 0.409 e. The van der Waals surface area contributed by atoms with Crippen LogP contribution in [0.4, 0.5) is 32.6 Å². The van der Waals surface area contributed by atoms with Crippen LogP contribution in [0.3, 0.4) is 0 Å². The van der Waals surface area contributed by atoms with Crippen LogP contribution < -0.4 is 15.6 Å². The fourth-order valence-electron chi connectivity index (χ4n) is 4.57. The molecule has 15 heteroatoms. The van der Waals surface area contributed by atoms with Crippen molar-refractivity contribution in [3.8, 4) is 5.82 Å². The fourth-order valence-corrected chi connectivity index (χ4v) is 4.57. The number of fused-ring (bicyclic) bond motifs is 1. The number of nitrogens with one attached hydrogen (secondary N) is 1. The van der Waals surface area contributed by atoms with Crippen LogP contribution in [0.25, 0.3) is 16.9 Å². The van der Waals surface area contributed by atoms with Gasteiger partial charge in [-0.1, -0.05) is 20.8 Å². The minimum Gasteiger partial charge on any atom is -0.395 e. The van der Waals surface area contributed by atoms with Gasteiger partial charge < -0.3 is 15.3 Å². The predicted octanol–water partition coefficient (Wildman–Crippen LogP) is 3.39. The molecule has 0 spiro atoms. The van der Waals surface area contributed by atoms with Gasteiger partial charge in [-0.25, -0.2) is 23.5 Å². The number of pyridine rings is 3. The number of carbonyl (C=O) groups excluding carboxylic acids is 2. The van der Waals surface area contributed by atoms with Gasteiger partial charge in [-0.2, -0.15) is 13.2 Å². The van der Waals surface area contributed by atoms with Gasteiger partial charge in [-0.3, -0.25) is 19.1 Å². The van der Waals surface area contributed by atoms with Gasteiger partial charge in [0.15, 0.2) is 17.3 Å². The van der Waals surface area contributed by atoms with E-state index >= 15 is 0 Å². The van der Waals surface area contributed by atoms with E-state index in [1.54, 1.807) is 0 Å². The monoisotopic (exact) mass is 582 g/mol. The van der Waals surface area contributed by atoms with E-state index in [1.165, 1.54) is 42.7 Å². The number of hydrogen-bond donors (Lipinski definition) is 2. The zero-order chi connectivity index (χ0) is 30.3. The van der Waals surface area contributed by atoms with Crippen LogP contribution in [0.15, 0.2) is 35.4 Å². The minimum absolute atomic E-state index is 0.0443. The van der Waals surface area contributed by atoms with Crippen molar-refractivity contribution in [2.24, 2.45) is 5.41 Å². The first-order valence-electron chi connectivity index (χ1n) is 12.6. The predicted molar refractivity (Wildman–Crippen MR) is 138 cm³/mol. The van der Waals surface area contributed by atoms with Gasteiger partial charge in [-0.05, 0) is 24.0 Å². The SMILES string of the molecule is CC(C)(C)[C@H](NC(=O)c1cn(-c2ncc(F)cc2F)c2nc(N3CCCN(CCO)C3=O)ccc2c1=O)C(F)(F)F. The van der Waals surface area contributed by atoms with E-state index in [0.717, 1.165) is 10.8 Å². The van der Waals surface area contributed by atoms with Gasteiger partial charge in [0.2, 0.25) is 5.43 Å². The van der Waals surface area contributed by atoms with Crippen LogP contribution >= 0.6 is 0 Å². The number of anilines is 1. The fraction of sp³-hybridized carbons (Fsp3) is 0.423. The molecule has 2 N–H and O–H groups in total. The molecule has 0 aliphatic carbocycles. The zero-order valence-electron chi connectivity index (χ0n) is 22.3. The van der Waals surface area contributed by atoms with Crippen LogP contribution in [0, 0.1) is 17.0 Å². The lowest BCUT2D eigenvalue weighted by atomic mass is 9.86. The van der Waals surface area contributed by atoms with Gasteiger partial charge in [-0.15, -0.1) is 0 Å². The number of urea groups is 1. The van der Waals surface area contributed by atoms with E-state index < -0.39 is 58.0 Å². The molecule has 1 saturated heterocycles. The maximum absolute atomic E-state index is 14.9. The van der Waals surface area contributed by atoms with Crippen LogP contribution in [-0.4, -0.2) is 74.9 Å². The summed E-state index contributed by atoms with van der Waals surface area (Å²) in [7, 11) is 0. The highest BCUT2D eigenvalue weighted by molar-refractivity contribution is 5.98. The zero-order valence-corrected chi connectivity index (χ0v) is 22.3. The Labute approximate surface area is 230 Å². The molecule has 1 fully saturated rings. The van der Waals surface area contributed by atoms with Crippen LogP contribution in [0.2, 0.25) is 0 Å². The summed E-state index contributed by atoms with van der Waals surface area (Å²) < 4.78 is 70.7. The molecule has 4 rings (SSSR count). The number of rotatable bonds is 6. The lowest BCUT2D eigenvalue weighted by Crippen LogP contribution is -2.53. The summed E-state index contributed by atoms with van der Waals surface area (Å²) in [5.41, 5.74) is -3.52. The van der Waals surface area contributed by atoms with Crippen LogP contribution in [0.1, 0.15) is 37.6 Å². The molecule has 1 atom stereocenters. The summed E-state index contributed by atoms with van der Waals surface area (Å²) in [4.78, 5) is 50.1. The Balaban J connectivity index is 1.90. The Kier molecular flexibility index (Phi) is 8.02. The van der Waals surface area contributed by atoms with Crippen molar-refractivity contribution in [2.45, 2.75) is 39.4 Å². The highest BCUT2D eigenvalue weighted by atomic mass is 19.4. The van der Waals surface area contributed by atoms with E-state index in [-0.39, 0.29) is 36.5 Å². The van der Waals surface area contributed by atoms with Gasteiger partial charge in [0.05, 0.1) is 18.2 Å². The number of β-amino-alcohol motifs (C(OH)–C–C–N with tert-alkyl or cyclic N) is 1. The number of aliphatic hydroxyl groups is 1. The normalized spacial score (nSPS) is 15.4. The number of nitrogens with zero attached hydrogens (tertiary/aromatic N) is 5. The van der Waals surface area contributed by atoms with Crippen LogP contribution in [-0.2, 0) is 0 Å². The molecule has 41 heavy (non-hydrogen) atoms. The Morgan fingerprint density at radius 1 is 1.15 bits per heavy atom. The van der Waals surface area contributed by atoms with E-state index in [2.05, 4.69) is 9.97 Å². The second-order valence-electron chi connectivity index (χ2n) is 10.6. The smallest absolute Gasteiger partial charge is 0.395 e. The first kappa shape index (κ1) is 29.8. The maximum atomic E-state index is 14.9. The molecule has 1 aliphatic heterocycles. The van der Waals surface area contributed by atoms with Crippen molar-refractivity contribution in [1.82, 2.24) is 24.8 Å². The lowest BCUT2D eigenvalue weighted by molar-refractivity contribution is -0.174. The Bertz CT molecular complexity index is 1540. The molecule has 0 radical (unpaired) electrons. The first-order chi connectivity index (χ1) is 19.1. The van der Waals surface area contributed by atoms with Crippen molar-refractivity contribution in [1.29, 1.82) is 0 Å². The van der Waals surface area contributed by atoms with E-state index in [4.69, 9.17) is 0 Å². The molecule has 220 valence electrons. The summed E-state index contributed by atoms with van der Waals surface area (Å²) in [6.07, 6.45) is -2.87. The third-order valence-electron chi connectivity index (χ3n) is 6.52. The second kappa shape index (κ2) is 11.0. The molecule has 0 saturated carbocycles. The van der Waals surface area contributed by atoms with Crippen molar-refractivity contribution >= 4 is 28.8 Å². The topological polar surface area (TPSA) is 121 Å². The molecule has 0 aromatic carbocycles. The minimum atomic E-state index is -4.85. The average molecular weight is 583 g/mol. The molecule has 4 heterocycles. The summed E-state index contributed by atoms with van der Waals surface area (Å²) >= 11 is 0. The van der Waals surface area contributed by atoms with Crippen molar-refractivity contribution in [3.05, 3.63) is 58.0 Å². The van der Waals surface area contributed by atoms with Crippen molar-refractivity contribution in [3.63, 3.8) is 0 Å². The molecule has 0 unspecified atom stereocenters. The molecular weight excluding hydrogens is 555 g/mol. The first-order valence-corrected chi connectivity index (χ1v) is 12.6. The summed E-state index contributed by atoms with van der Waals surface area (Å²) in [5, 5.41) is 10.8. The third-order valence-corrected chi connectivity index (χ3v) is 6.52. The Morgan fingerprint density at radius 3 is 2.46 bits per heavy atom. The van der Waals surface area contributed by atoms with E-state index in [9.17, 15) is 41.4 Å². The van der Waals surface area contributed by atoms with E-state index in [1.807, 2.05) is 5.32 Å². The molecule has 3 aromatic heterocycles. The summed E-state index contributed by atoms with van der Waals surface area (Å²) in [6.45, 7) is 4.22. The summed E-state index contributed by atoms with van der Waals surface area (Å²) in [5.74, 6) is -4.16. The highest BCUT2D eigenvalue weighted by Crippen LogP contribution is 2.33. The Morgan fingerprint density at radius 2 is 1.85 bits per heavy atom. The largest absolute Gasteiger partial charge is 0.409 e. The average Bonchev–Trinajstić information content (AvgIpc) is 2.87. The number of amides is 3. The van der Waals surface area contributed by atoms with Crippen molar-refractivity contribution < 1.29 is 36.6 Å². The van der Waals surface area contributed by atoms with Gasteiger partial charge in [0.1, 0.15) is 23.2 Å². The summed E-state index contributed by atoms with van der Waals surface area (Å²) in [6, 6.07) is 0.194. The number of halogens is 5. The number of alkyl halides is 3. The molecule has 3 amide bonds. The number of carbonyl (C=O) groups is 2. The number of hydrogen-bond acceptors (Lipinski definition) is 6. The molecule has 1 aliphatic rings. The van der Waals surface area contributed by atoms with Gasteiger partial charge in [0.25, 0.3) is 5.91 Å². The number of aliphatic hydroxyl groups excluding tert-OH is 1. The molecule has 10 nitrogen and oxygen atoms in total.